The van der Waals surface area contributed by atoms with Crippen LogP contribution in [0.1, 0.15) is 44.6 Å². The van der Waals surface area contributed by atoms with Crippen molar-refractivity contribution >= 4 is 16.8 Å². The van der Waals surface area contributed by atoms with Gasteiger partial charge in [-0.1, -0.05) is 26.8 Å². The van der Waals surface area contributed by atoms with E-state index < -0.39 is 0 Å². The van der Waals surface area contributed by atoms with E-state index >= 15 is 0 Å². The van der Waals surface area contributed by atoms with Crippen LogP contribution in [0.25, 0.3) is 10.9 Å². The molecule has 1 aromatic carbocycles. The fourth-order valence-electron chi connectivity index (χ4n) is 2.65. The van der Waals surface area contributed by atoms with Crippen molar-refractivity contribution in [3.8, 4) is 0 Å². The van der Waals surface area contributed by atoms with Gasteiger partial charge < -0.3 is 9.88 Å². The molecule has 2 aromatic rings. The van der Waals surface area contributed by atoms with Gasteiger partial charge in [0.1, 0.15) is 11.5 Å². The summed E-state index contributed by atoms with van der Waals surface area (Å²) in [6.45, 7) is 8.49. The van der Waals surface area contributed by atoms with Gasteiger partial charge in [0.2, 0.25) is 0 Å². The van der Waals surface area contributed by atoms with Gasteiger partial charge in [0.15, 0.2) is 0 Å². The normalized spacial score (nSPS) is 13.4. The minimum Gasteiger partial charge on any atom is -0.350 e. The third-order valence-corrected chi connectivity index (χ3v) is 3.73. The number of hydrogen-bond donors (Lipinski definition) is 1. The highest BCUT2D eigenvalue weighted by atomic mass is 19.1. The van der Waals surface area contributed by atoms with E-state index in [0.717, 1.165) is 6.42 Å². The van der Waals surface area contributed by atoms with Crippen LogP contribution in [-0.2, 0) is 0 Å². The number of rotatable bonds is 3. The summed E-state index contributed by atoms with van der Waals surface area (Å²) in [5.41, 5.74) is 1.23. The van der Waals surface area contributed by atoms with Gasteiger partial charge in [-0.3, -0.25) is 4.79 Å². The maximum absolute atomic E-state index is 13.7. The van der Waals surface area contributed by atoms with Gasteiger partial charge in [-0.15, -0.1) is 0 Å². The highest BCUT2D eigenvalue weighted by molar-refractivity contribution is 5.98. The number of benzene rings is 1. The van der Waals surface area contributed by atoms with Crippen LogP contribution in [-0.4, -0.2) is 28.9 Å². The number of carbonyl (C=O) groups is 1. The Morgan fingerprint density at radius 3 is 2.62 bits per heavy atom. The number of halogens is 1. The Balaban J connectivity index is 2.23. The van der Waals surface area contributed by atoms with Gasteiger partial charge in [0.25, 0.3) is 5.91 Å². The van der Waals surface area contributed by atoms with Gasteiger partial charge in [0, 0.05) is 24.0 Å². The smallest absolute Gasteiger partial charge is 0.270 e. The van der Waals surface area contributed by atoms with E-state index in [1.54, 1.807) is 30.1 Å². The summed E-state index contributed by atoms with van der Waals surface area (Å²) in [5, 5.41) is 0.456. The number of carbonyl (C=O) groups excluding carboxylic acids is 1. The first kappa shape index (κ1) is 15.5. The molecule has 0 radical (unpaired) electrons. The summed E-state index contributed by atoms with van der Waals surface area (Å²) in [7, 11) is 1.79. The lowest BCUT2D eigenvalue weighted by atomic mass is 9.88. The molecule has 0 fully saturated rings. The Kier molecular flexibility index (Phi) is 4.08. The molecular formula is C17H23FN2O. The Labute approximate surface area is 125 Å². The average Bonchev–Trinajstić information content (AvgIpc) is 2.80. The van der Waals surface area contributed by atoms with Crippen LogP contribution in [0.15, 0.2) is 24.3 Å². The summed E-state index contributed by atoms with van der Waals surface area (Å²) >= 11 is 0. The number of nitrogens with one attached hydrogen (secondary N) is 1. The van der Waals surface area contributed by atoms with Crippen LogP contribution < -0.4 is 0 Å². The molecule has 0 bridgehead atoms. The molecule has 0 aliphatic rings. The molecule has 1 aromatic heterocycles. The molecule has 114 valence electrons. The third kappa shape index (κ3) is 3.43. The predicted molar refractivity (Wildman–Crippen MR) is 83.9 cm³/mol. The lowest BCUT2D eigenvalue weighted by molar-refractivity contribution is 0.0705. The van der Waals surface area contributed by atoms with Crippen molar-refractivity contribution in [1.29, 1.82) is 0 Å². The maximum atomic E-state index is 13.7. The Morgan fingerprint density at radius 1 is 1.38 bits per heavy atom. The average molecular weight is 290 g/mol. The first-order chi connectivity index (χ1) is 9.69. The molecule has 1 N–H and O–H groups in total. The molecule has 21 heavy (non-hydrogen) atoms. The lowest BCUT2D eigenvalue weighted by Crippen LogP contribution is -2.37. The zero-order valence-electron chi connectivity index (χ0n) is 13.3. The van der Waals surface area contributed by atoms with E-state index in [-0.39, 0.29) is 23.2 Å². The number of amides is 1. The quantitative estimate of drug-likeness (QED) is 0.903. The molecule has 3 nitrogen and oxygen atoms in total. The standard InChI is InChI=1S/C17H23FN2O/c1-11(10-17(2,3)4)20(5)16(21)15-9-12-13(18)7-6-8-14(12)19-15/h6-9,11,19H,10H2,1-5H3/t11-/m1/s1. The van der Waals surface area contributed by atoms with E-state index in [4.69, 9.17) is 0 Å². The van der Waals surface area contributed by atoms with Crippen molar-refractivity contribution in [2.75, 3.05) is 7.05 Å². The second-order valence-electron chi connectivity index (χ2n) is 6.91. The van der Waals surface area contributed by atoms with E-state index in [1.165, 1.54) is 6.07 Å². The van der Waals surface area contributed by atoms with Crippen LogP contribution in [0.5, 0.6) is 0 Å². The molecule has 1 atom stereocenters. The summed E-state index contributed by atoms with van der Waals surface area (Å²) in [6.07, 6.45) is 0.907. The highest BCUT2D eigenvalue weighted by Crippen LogP contribution is 2.24. The van der Waals surface area contributed by atoms with Crippen molar-refractivity contribution < 1.29 is 9.18 Å². The van der Waals surface area contributed by atoms with Gasteiger partial charge in [0.05, 0.1) is 0 Å². The van der Waals surface area contributed by atoms with Crippen molar-refractivity contribution in [3.05, 3.63) is 35.8 Å². The highest BCUT2D eigenvalue weighted by Gasteiger charge is 2.23. The SMILES string of the molecule is C[C@H](CC(C)(C)C)N(C)C(=O)c1cc2c(F)cccc2[nH]1. The number of fused-ring (bicyclic) bond motifs is 1. The third-order valence-electron chi connectivity index (χ3n) is 3.73. The zero-order valence-corrected chi connectivity index (χ0v) is 13.3. The van der Waals surface area contributed by atoms with Gasteiger partial charge in [-0.25, -0.2) is 4.39 Å². The van der Waals surface area contributed by atoms with E-state index in [2.05, 4.69) is 25.8 Å². The van der Waals surface area contributed by atoms with Crippen LogP contribution in [0.3, 0.4) is 0 Å². The molecule has 0 saturated carbocycles. The molecule has 1 amide bonds. The van der Waals surface area contributed by atoms with Gasteiger partial charge in [-0.2, -0.15) is 0 Å². The number of nitrogens with zero attached hydrogens (tertiary/aromatic N) is 1. The molecule has 2 rings (SSSR count). The van der Waals surface area contributed by atoms with Crippen molar-refractivity contribution in [1.82, 2.24) is 9.88 Å². The molecule has 0 unspecified atom stereocenters. The van der Waals surface area contributed by atoms with Crippen LogP contribution in [0, 0.1) is 11.2 Å². The zero-order chi connectivity index (χ0) is 15.8. The lowest BCUT2D eigenvalue weighted by Gasteiger charge is -2.30. The van der Waals surface area contributed by atoms with Crippen molar-refractivity contribution in [2.45, 2.75) is 40.2 Å². The Hall–Kier alpha value is -1.84. The summed E-state index contributed by atoms with van der Waals surface area (Å²) < 4.78 is 13.7. The second kappa shape index (κ2) is 5.51. The maximum Gasteiger partial charge on any atom is 0.270 e. The largest absolute Gasteiger partial charge is 0.350 e. The van der Waals surface area contributed by atoms with Crippen LogP contribution >= 0.6 is 0 Å². The minimum absolute atomic E-state index is 0.109. The molecule has 4 heteroatoms. The fraction of sp³-hybridized carbons (Fsp3) is 0.471. The summed E-state index contributed by atoms with van der Waals surface area (Å²) in [5.74, 6) is -0.421. The Morgan fingerprint density at radius 2 is 2.05 bits per heavy atom. The molecule has 0 aliphatic heterocycles. The molecule has 0 saturated heterocycles. The summed E-state index contributed by atoms with van der Waals surface area (Å²) in [4.78, 5) is 17.2. The molecule has 0 spiro atoms. The van der Waals surface area contributed by atoms with Crippen LogP contribution in [0.2, 0.25) is 0 Å². The summed E-state index contributed by atoms with van der Waals surface area (Å²) in [6, 6.07) is 6.51. The molecule has 0 aliphatic carbocycles. The monoisotopic (exact) mass is 290 g/mol. The number of aromatic amines is 1. The minimum atomic E-state index is -0.312. The van der Waals surface area contributed by atoms with Crippen LogP contribution in [0.4, 0.5) is 4.39 Å². The number of hydrogen-bond acceptors (Lipinski definition) is 1. The topological polar surface area (TPSA) is 36.1 Å². The van der Waals surface area contributed by atoms with Crippen molar-refractivity contribution in [2.24, 2.45) is 5.41 Å². The number of H-pyrrole nitrogens is 1. The predicted octanol–water partition coefficient (Wildman–Crippen LogP) is 4.20. The fourth-order valence-corrected chi connectivity index (χ4v) is 2.65. The number of aromatic nitrogens is 1. The first-order valence-corrected chi connectivity index (χ1v) is 7.23. The van der Waals surface area contributed by atoms with E-state index in [9.17, 15) is 9.18 Å². The molecule has 1 heterocycles. The Bertz CT molecular complexity index is 654. The van der Waals surface area contributed by atoms with Gasteiger partial charge in [-0.05, 0) is 37.0 Å². The van der Waals surface area contributed by atoms with E-state index in [0.29, 0.717) is 16.6 Å². The van der Waals surface area contributed by atoms with E-state index in [1.807, 2.05) is 6.92 Å². The van der Waals surface area contributed by atoms with Crippen molar-refractivity contribution in [3.63, 3.8) is 0 Å². The first-order valence-electron chi connectivity index (χ1n) is 7.23. The van der Waals surface area contributed by atoms with Gasteiger partial charge >= 0.3 is 0 Å². The second-order valence-corrected chi connectivity index (χ2v) is 6.91. The molecular weight excluding hydrogens is 267 g/mol.